The zero-order chi connectivity index (χ0) is 17.5. The number of anilines is 2. The third-order valence-corrected chi connectivity index (χ3v) is 3.50. The smallest absolute Gasteiger partial charge is 0.124 e. The van der Waals surface area contributed by atoms with Gasteiger partial charge >= 0.3 is 0 Å². The van der Waals surface area contributed by atoms with Crippen LogP contribution in [-0.4, -0.2) is 14.8 Å². The molecule has 3 aromatic rings. The molecule has 5 nitrogen and oxygen atoms in total. The van der Waals surface area contributed by atoms with E-state index in [1.165, 1.54) is 6.42 Å². The van der Waals surface area contributed by atoms with E-state index >= 15 is 0 Å². The molecule has 0 radical (unpaired) electrons. The van der Waals surface area contributed by atoms with Crippen molar-refractivity contribution in [3.63, 3.8) is 0 Å². The SMILES string of the molecule is CCC.Nc1cc(-c2cccc(Cn3nccc3N)c2)c(Cl)cn1. The quantitative estimate of drug-likeness (QED) is 0.745. The van der Waals surface area contributed by atoms with Gasteiger partial charge < -0.3 is 11.5 Å². The van der Waals surface area contributed by atoms with E-state index in [1.54, 1.807) is 29.2 Å². The van der Waals surface area contributed by atoms with E-state index in [9.17, 15) is 0 Å². The van der Waals surface area contributed by atoms with E-state index in [0.717, 1.165) is 16.7 Å². The lowest BCUT2D eigenvalue weighted by molar-refractivity contribution is 0.697. The van der Waals surface area contributed by atoms with Gasteiger partial charge in [-0.05, 0) is 29.3 Å². The molecule has 0 aliphatic rings. The van der Waals surface area contributed by atoms with Crippen molar-refractivity contribution >= 4 is 23.2 Å². The summed E-state index contributed by atoms with van der Waals surface area (Å²) in [5.41, 5.74) is 14.5. The molecule has 2 aromatic heterocycles. The summed E-state index contributed by atoms with van der Waals surface area (Å²) in [7, 11) is 0. The highest BCUT2D eigenvalue weighted by atomic mass is 35.5. The first-order valence-electron chi connectivity index (χ1n) is 7.82. The number of halogens is 1. The molecular formula is C18H22ClN5. The van der Waals surface area contributed by atoms with Gasteiger partial charge in [0.05, 0.1) is 17.8 Å². The Morgan fingerprint density at radius 1 is 1.12 bits per heavy atom. The van der Waals surface area contributed by atoms with Crippen LogP contribution in [-0.2, 0) is 6.54 Å². The molecule has 0 aliphatic heterocycles. The molecule has 0 unspecified atom stereocenters. The number of pyridine rings is 1. The second-order valence-electron chi connectivity index (χ2n) is 5.41. The van der Waals surface area contributed by atoms with Crippen LogP contribution >= 0.6 is 11.6 Å². The second-order valence-corrected chi connectivity index (χ2v) is 5.82. The summed E-state index contributed by atoms with van der Waals surface area (Å²) in [6.07, 6.45) is 4.49. The summed E-state index contributed by atoms with van der Waals surface area (Å²) in [6, 6.07) is 11.5. The molecular weight excluding hydrogens is 322 g/mol. The van der Waals surface area contributed by atoms with Crippen LogP contribution in [0.25, 0.3) is 11.1 Å². The van der Waals surface area contributed by atoms with Gasteiger partial charge in [-0.1, -0.05) is 50.1 Å². The van der Waals surface area contributed by atoms with Crippen molar-refractivity contribution < 1.29 is 0 Å². The Morgan fingerprint density at radius 3 is 2.54 bits per heavy atom. The number of hydrogen-bond acceptors (Lipinski definition) is 4. The third-order valence-electron chi connectivity index (χ3n) is 3.20. The molecule has 0 aliphatic carbocycles. The van der Waals surface area contributed by atoms with Crippen molar-refractivity contribution in [1.82, 2.24) is 14.8 Å². The number of benzene rings is 1. The fraction of sp³-hybridized carbons (Fsp3) is 0.222. The molecule has 0 fully saturated rings. The molecule has 6 heteroatoms. The molecule has 126 valence electrons. The number of rotatable bonds is 3. The lowest BCUT2D eigenvalue weighted by Gasteiger charge is -2.09. The first-order chi connectivity index (χ1) is 11.5. The van der Waals surface area contributed by atoms with Crippen LogP contribution in [0.1, 0.15) is 25.8 Å². The van der Waals surface area contributed by atoms with Crippen molar-refractivity contribution in [2.45, 2.75) is 26.8 Å². The van der Waals surface area contributed by atoms with Gasteiger partial charge in [0, 0.05) is 11.8 Å². The summed E-state index contributed by atoms with van der Waals surface area (Å²) < 4.78 is 1.74. The highest BCUT2D eigenvalue weighted by molar-refractivity contribution is 6.33. The summed E-state index contributed by atoms with van der Waals surface area (Å²) in [6.45, 7) is 4.85. The fourth-order valence-electron chi connectivity index (χ4n) is 2.16. The largest absolute Gasteiger partial charge is 0.384 e. The van der Waals surface area contributed by atoms with E-state index in [1.807, 2.05) is 24.3 Å². The molecule has 0 amide bonds. The number of nitrogens with two attached hydrogens (primary N) is 2. The predicted octanol–water partition coefficient (Wildman–Crippen LogP) is 4.23. The maximum atomic E-state index is 6.20. The molecule has 0 spiro atoms. The lowest BCUT2D eigenvalue weighted by Crippen LogP contribution is -2.05. The average Bonchev–Trinajstić information content (AvgIpc) is 2.96. The number of nitrogen functional groups attached to an aromatic ring is 2. The first-order valence-corrected chi connectivity index (χ1v) is 8.20. The zero-order valence-electron chi connectivity index (χ0n) is 13.9. The van der Waals surface area contributed by atoms with Crippen LogP contribution in [0.15, 0.2) is 48.8 Å². The van der Waals surface area contributed by atoms with Gasteiger partial charge in [0.2, 0.25) is 0 Å². The van der Waals surface area contributed by atoms with Gasteiger partial charge in [0.1, 0.15) is 11.6 Å². The van der Waals surface area contributed by atoms with Crippen LogP contribution < -0.4 is 11.5 Å². The Labute approximate surface area is 147 Å². The summed E-state index contributed by atoms with van der Waals surface area (Å²) in [5, 5.41) is 4.75. The molecule has 3 rings (SSSR count). The van der Waals surface area contributed by atoms with Gasteiger partial charge in [-0.3, -0.25) is 0 Å². The molecule has 0 atom stereocenters. The fourth-order valence-corrected chi connectivity index (χ4v) is 2.37. The van der Waals surface area contributed by atoms with Crippen LogP contribution in [0.2, 0.25) is 5.02 Å². The minimum atomic E-state index is 0.441. The number of nitrogens with zero attached hydrogens (tertiary/aromatic N) is 3. The van der Waals surface area contributed by atoms with Crippen molar-refractivity contribution in [2.75, 3.05) is 11.5 Å². The van der Waals surface area contributed by atoms with Crippen LogP contribution in [0.4, 0.5) is 11.6 Å². The number of hydrogen-bond donors (Lipinski definition) is 2. The van der Waals surface area contributed by atoms with E-state index in [2.05, 4.69) is 23.9 Å². The Morgan fingerprint density at radius 2 is 1.88 bits per heavy atom. The van der Waals surface area contributed by atoms with Gasteiger partial charge in [0.25, 0.3) is 0 Å². The van der Waals surface area contributed by atoms with Gasteiger partial charge in [-0.2, -0.15) is 5.10 Å². The average molecular weight is 344 g/mol. The molecule has 0 saturated heterocycles. The predicted molar refractivity (Wildman–Crippen MR) is 101 cm³/mol. The summed E-state index contributed by atoms with van der Waals surface area (Å²) in [4.78, 5) is 3.97. The standard InChI is InChI=1S/C15H14ClN5.C3H8/c16-13-8-19-14(17)7-12(13)11-3-1-2-10(6-11)9-21-15(18)4-5-20-21;1-3-2/h1-8H,9,18H2,(H2,17,19);3H2,1-2H3. The Balaban J connectivity index is 0.000000647. The monoisotopic (exact) mass is 343 g/mol. The second kappa shape index (κ2) is 8.36. The van der Waals surface area contributed by atoms with Gasteiger partial charge in [-0.25, -0.2) is 9.67 Å². The molecule has 4 N–H and O–H groups in total. The van der Waals surface area contributed by atoms with E-state index in [0.29, 0.717) is 23.2 Å². The topological polar surface area (TPSA) is 82.8 Å². The van der Waals surface area contributed by atoms with Crippen molar-refractivity contribution in [3.8, 4) is 11.1 Å². The summed E-state index contributed by atoms with van der Waals surface area (Å²) in [5.74, 6) is 1.07. The van der Waals surface area contributed by atoms with E-state index < -0.39 is 0 Å². The maximum absolute atomic E-state index is 6.20. The van der Waals surface area contributed by atoms with Crippen LogP contribution in [0, 0.1) is 0 Å². The van der Waals surface area contributed by atoms with E-state index in [-0.39, 0.29) is 0 Å². The highest BCUT2D eigenvalue weighted by Crippen LogP contribution is 2.29. The van der Waals surface area contributed by atoms with Crippen LogP contribution in [0.3, 0.4) is 0 Å². The molecule has 24 heavy (non-hydrogen) atoms. The number of aromatic nitrogens is 3. The normalized spacial score (nSPS) is 10.1. The first kappa shape index (κ1) is 17.8. The Kier molecular flexibility index (Phi) is 6.21. The van der Waals surface area contributed by atoms with Gasteiger partial charge in [0.15, 0.2) is 0 Å². The molecule has 0 bridgehead atoms. The molecule has 0 saturated carbocycles. The van der Waals surface area contributed by atoms with Crippen LogP contribution in [0.5, 0.6) is 0 Å². The summed E-state index contributed by atoms with van der Waals surface area (Å²) >= 11 is 6.20. The van der Waals surface area contributed by atoms with Crippen molar-refractivity contribution in [1.29, 1.82) is 0 Å². The highest BCUT2D eigenvalue weighted by Gasteiger charge is 2.07. The minimum absolute atomic E-state index is 0.441. The Hall–Kier alpha value is -2.53. The Bertz CT molecular complexity index is 798. The minimum Gasteiger partial charge on any atom is -0.384 e. The van der Waals surface area contributed by atoms with E-state index in [4.69, 9.17) is 23.1 Å². The lowest BCUT2D eigenvalue weighted by atomic mass is 10.0. The zero-order valence-corrected chi connectivity index (χ0v) is 14.7. The molecule has 2 heterocycles. The molecule has 1 aromatic carbocycles. The van der Waals surface area contributed by atoms with Crippen molar-refractivity contribution in [2.24, 2.45) is 0 Å². The maximum Gasteiger partial charge on any atom is 0.124 e. The van der Waals surface area contributed by atoms with Crippen molar-refractivity contribution in [3.05, 3.63) is 59.4 Å². The third kappa shape index (κ3) is 4.49. The van der Waals surface area contributed by atoms with Gasteiger partial charge in [-0.15, -0.1) is 0 Å².